The fourth-order valence-corrected chi connectivity index (χ4v) is 5.96. The standard InChI is InChI=1S/C26H25BrN8O3S/c27-16-3-1-4-18(13-16)35-23-20-21(33-26(35)37)22(39-25(20)31-15-30-23)24(36)32-17-5-6-19(29-14-17)28-7-2-8-34-9-11-38-12-10-34/h1,3-6,13-15H,2,7-12H2,(H,28,29)(H,32,36)(H,33,37). The number of thiophene rings is 1. The molecule has 1 fully saturated rings. The molecule has 6 rings (SSSR count). The average molecular weight is 610 g/mol. The van der Waals surface area contributed by atoms with Gasteiger partial charge in [0.1, 0.15) is 21.9 Å². The van der Waals surface area contributed by atoms with E-state index in [2.05, 4.69) is 51.7 Å². The number of carbonyl (C=O) groups excluding carboxylic acids is 2. The van der Waals surface area contributed by atoms with Gasteiger partial charge in [-0.1, -0.05) is 22.0 Å². The average Bonchev–Trinajstić information content (AvgIpc) is 3.32. The molecule has 0 unspecified atom stereocenters. The molecule has 5 heterocycles. The summed E-state index contributed by atoms with van der Waals surface area (Å²) in [6.45, 7) is 5.39. The monoisotopic (exact) mass is 608 g/mol. The zero-order valence-corrected chi connectivity index (χ0v) is 23.2. The van der Waals surface area contributed by atoms with E-state index in [1.165, 1.54) is 22.6 Å². The van der Waals surface area contributed by atoms with Crippen LogP contribution in [0.25, 0.3) is 10.2 Å². The van der Waals surface area contributed by atoms with E-state index in [9.17, 15) is 9.59 Å². The number of hydrogen-bond donors (Lipinski definition) is 3. The Kier molecular flexibility index (Phi) is 7.37. The summed E-state index contributed by atoms with van der Waals surface area (Å²) >= 11 is 4.65. The van der Waals surface area contributed by atoms with Crippen molar-refractivity contribution in [2.45, 2.75) is 6.42 Å². The Balaban J connectivity index is 1.14. The molecule has 200 valence electrons. The summed E-state index contributed by atoms with van der Waals surface area (Å²) in [5.41, 5.74) is 1.60. The number of urea groups is 1. The molecule has 0 aliphatic carbocycles. The van der Waals surface area contributed by atoms with Crippen LogP contribution in [0.3, 0.4) is 0 Å². The van der Waals surface area contributed by atoms with Crippen LogP contribution in [-0.2, 0) is 4.74 Å². The number of nitrogens with zero attached hydrogens (tertiary/aromatic N) is 5. The van der Waals surface area contributed by atoms with E-state index in [0.717, 1.165) is 56.1 Å². The Hall–Kier alpha value is -3.65. The second-order valence-electron chi connectivity index (χ2n) is 9.05. The molecule has 4 aromatic rings. The molecule has 3 amide bonds. The zero-order valence-electron chi connectivity index (χ0n) is 20.8. The quantitative estimate of drug-likeness (QED) is 0.241. The van der Waals surface area contributed by atoms with Crippen molar-refractivity contribution in [2.24, 2.45) is 0 Å². The molecule has 11 nitrogen and oxygen atoms in total. The topological polar surface area (TPSA) is 125 Å². The van der Waals surface area contributed by atoms with Crippen molar-refractivity contribution in [3.05, 3.63) is 58.3 Å². The molecule has 0 atom stereocenters. The van der Waals surface area contributed by atoms with Gasteiger partial charge in [-0.15, -0.1) is 11.3 Å². The summed E-state index contributed by atoms with van der Waals surface area (Å²) in [4.78, 5) is 44.4. The van der Waals surface area contributed by atoms with Crippen molar-refractivity contribution in [1.82, 2.24) is 19.9 Å². The maximum absolute atomic E-state index is 13.3. The molecule has 0 radical (unpaired) electrons. The van der Waals surface area contributed by atoms with Crippen LogP contribution in [0.2, 0.25) is 0 Å². The van der Waals surface area contributed by atoms with Crippen molar-refractivity contribution in [1.29, 1.82) is 0 Å². The lowest BCUT2D eigenvalue weighted by atomic mass is 10.2. The fraction of sp³-hybridized carbons (Fsp3) is 0.269. The van der Waals surface area contributed by atoms with Gasteiger partial charge in [-0.3, -0.25) is 9.69 Å². The number of carbonyl (C=O) groups is 2. The lowest BCUT2D eigenvalue weighted by Crippen LogP contribution is -2.37. The molecule has 2 aliphatic heterocycles. The van der Waals surface area contributed by atoms with Gasteiger partial charge < -0.3 is 20.7 Å². The maximum atomic E-state index is 13.3. The minimum Gasteiger partial charge on any atom is -0.379 e. The summed E-state index contributed by atoms with van der Waals surface area (Å²) in [7, 11) is 0. The molecule has 1 aromatic carbocycles. The van der Waals surface area contributed by atoms with Crippen LogP contribution in [0.4, 0.5) is 33.5 Å². The first-order valence-electron chi connectivity index (χ1n) is 12.5. The summed E-state index contributed by atoms with van der Waals surface area (Å²) in [6, 6.07) is 10.6. The van der Waals surface area contributed by atoms with Gasteiger partial charge in [0.15, 0.2) is 5.82 Å². The zero-order chi connectivity index (χ0) is 26.8. The molecular weight excluding hydrogens is 584 g/mol. The normalized spacial score (nSPS) is 15.3. The molecule has 2 aliphatic rings. The SMILES string of the molecule is O=C(Nc1ccc(NCCCN2CCOCC2)nc1)c1sc2ncnc3c2c1NC(=O)N3c1cccc(Br)c1. The third-order valence-electron chi connectivity index (χ3n) is 6.47. The molecule has 13 heteroatoms. The number of halogens is 1. The molecule has 0 saturated carbocycles. The summed E-state index contributed by atoms with van der Waals surface area (Å²) in [5.74, 6) is 0.813. The minimum atomic E-state index is -0.404. The van der Waals surface area contributed by atoms with Crippen LogP contribution in [0.1, 0.15) is 16.1 Å². The summed E-state index contributed by atoms with van der Waals surface area (Å²) in [5, 5.41) is 9.71. The van der Waals surface area contributed by atoms with Gasteiger partial charge in [0.2, 0.25) is 0 Å². The van der Waals surface area contributed by atoms with Crippen LogP contribution < -0.4 is 20.9 Å². The predicted octanol–water partition coefficient (Wildman–Crippen LogP) is 4.92. The largest absolute Gasteiger partial charge is 0.379 e. The minimum absolute atomic E-state index is 0.347. The molecule has 0 bridgehead atoms. The van der Waals surface area contributed by atoms with Crippen LogP contribution in [0.5, 0.6) is 0 Å². The van der Waals surface area contributed by atoms with Gasteiger partial charge in [-0.05, 0) is 43.3 Å². The van der Waals surface area contributed by atoms with E-state index >= 15 is 0 Å². The highest BCUT2D eigenvalue weighted by atomic mass is 79.9. The second kappa shape index (κ2) is 11.2. The van der Waals surface area contributed by atoms with Gasteiger partial charge in [-0.2, -0.15) is 0 Å². The highest BCUT2D eigenvalue weighted by Gasteiger charge is 2.33. The highest BCUT2D eigenvalue weighted by molar-refractivity contribution is 9.10. The number of amides is 3. The Labute approximate surface area is 236 Å². The van der Waals surface area contributed by atoms with Crippen LogP contribution in [0, 0.1) is 0 Å². The molecular formula is C26H25BrN8O3S. The molecule has 3 N–H and O–H groups in total. The number of ether oxygens (including phenoxy) is 1. The third-order valence-corrected chi connectivity index (χ3v) is 8.06. The Bertz CT molecular complexity index is 1520. The maximum Gasteiger partial charge on any atom is 0.332 e. The number of nitrogens with one attached hydrogen (secondary N) is 3. The number of aromatic nitrogens is 3. The highest BCUT2D eigenvalue weighted by Crippen LogP contribution is 2.44. The first-order chi connectivity index (χ1) is 19.1. The van der Waals surface area contributed by atoms with Crippen molar-refractivity contribution < 1.29 is 14.3 Å². The number of pyridine rings is 1. The number of morpholine rings is 1. The summed E-state index contributed by atoms with van der Waals surface area (Å²) < 4.78 is 6.21. The van der Waals surface area contributed by atoms with Crippen molar-refractivity contribution in [2.75, 3.05) is 60.2 Å². The smallest absolute Gasteiger partial charge is 0.332 e. The molecule has 1 saturated heterocycles. The van der Waals surface area contributed by atoms with Crippen molar-refractivity contribution in [3.63, 3.8) is 0 Å². The van der Waals surface area contributed by atoms with Gasteiger partial charge in [0.05, 0.1) is 41.9 Å². The Morgan fingerprint density at radius 1 is 1.15 bits per heavy atom. The lowest BCUT2D eigenvalue weighted by Gasteiger charge is -2.27. The third kappa shape index (κ3) is 5.43. The number of benzene rings is 1. The first-order valence-corrected chi connectivity index (χ1v) is 14.1. The van der Waals surface area contributed by atoms with Gasteiger partial charge in [-0.25, -0.2) is 24.6 Å². The molecule has 39 heavy (non-hydrogen) atoms. The van der Waals surface area contributed by atoms with E-state index in [0.29, 0.717) is 38.0 Å². The van der Waals surface area contributed by atoms with Crippen molar-refractivity contribution in [3.8, 4) is 0 Å². The second-order valence-corrected chi connectivity index (χ2v) is 11.0. The van der Waals surface area contributed by atoms with E-state index < -0.39 is 6.03 Å². The first kappa shape index (κ1) is 25.6. The van der Waals surface area contributed by atoms with Crippen LogP contribution >= 0.6 is 27.3 Å². The number of rotatable bonds is 8. The van der Waals surface area contributed by atoms with Gasteiger partial charge in [0, 0.05) is 24.1 Å². The molecule has 0 spiro atoms. The van der Waals surface area contributed by atoms with E-state index in [1.807, 2.05) is 30.3 Å². The van der Waals surface area contributed by atoms with Crippen LogP contribution in [-0.4, -0.2) is 71.2 Å². The fourth-order valence-electron chi connectivity index (χ4n) is 4.58. The van der Waals surface area contributed by atoms with E-state index in [-0.39, 0.29) is 5.91 Å². The van der Waals surface area contributed by atoms with Crippen molar-refractivity contribution >= 4 is 78.1 Å². The Morgan fingerprint density at radius 3 is 2.82 bits per heavy atom. The van der Waals surface area contributed by atoms with E-state index in [1.54, 1.807) is 12.3 Å². The van der Waals surface area contributed by atoms with Crippen LogP contribution in [0.15, 0.2) is 53.4 Å². The van der Waals surface area contributed by atoms with Gasteiger partial charge in [0.25, 0.3) is 5.91 Å². The van der Waals surface area contributed by atoms with E-state index in [4.69, 9.17) is 4.74 Å². The van der Waals surface area contributed by atoms with Gasteiger partial charge >= 0.3 is 6.03 Å². The summed E-state index contributed by atoms with van der Waals surface area (Å²) in [6.07, 6.45) is 4.02. The molecule has 3 aromatic heterocycles. The number of anilines is 5. The predicted molar refractivity (Wildman–Crippen MR) is 155 cm³/mol. The lowest BCUT2D eigenvalue weighted by molar-refractivity contribution is 0.0378. The number of hydrogen-bond acceptors (Lipinski definition) is 9. The Morgan fingerprint density at radius 2 is 2.03 bits per heavy atom.